The molecule has 0 atom stereocenters. The van der Waals surface area contributed by atoms with Crippen LogP contribution in [0.15, 0.2) is 43.7 Å². The van der Waals surface area contributed by atoms with Crippen LogP contribution in [0.2, 0.25) is 0 Å². The summed E-state index contributed by atoms with van der Waals surface area (Å²) in [6.45, 7) is 12.0. The molecule has 0 unspecified atom stereocenters. The predicted octanol–water partition coefficient (Wildman–Crippen LogP) is 3.46. The normalized spacial score (nSPS) is 20.4. The van der Waals surface area contributed by atoms with Gasteiger partial charge in [-0.15, -0.1) is 0 Å². The minimum atomic E-state index is 0.183. The summed E-state index contributed by atoms with van der Waals surface area (Å²) in [7, 11) is 0. The second kappa shape index (κ2) is 5.92. The van der Waals surface area contributed by atoms with Gasteiger partial charge in [0.2, 0.25) is 0 Å². The molecule has 128 valence electrons. The summed E-state index contributed by atoms with van der Waals surface area (Å²) in [5.41, 5.74) is 9.94. The van der Waals surface area contributed by atoms with Crippen molar-refractivity contribution in [2.45, 2.75) is 41.5 Å². The van der Waals surface area contributed by atoms with Crippen molar-refractivity contribution in [1.82, 2.24) is 4.98 Å². The molecule has 0 bridgehead atoms. The minimum absolute atomic E-state index is 0.183. The lowest BCUT2D eigenvalue weighted by Gasteiger charge is -2.10. The Morgan fingerprint density at radius 1 is 0.840 bits per heavy atom. The van der Waals surface area contributed by atoms with Crippen LogP contribution < -0.4 is 0 Å². The maximum atomic E-state index is 11.4. The van der Waals surface area contributed by atoms with E-state index in [1.165, 1.54) is 5.56 Å². The van der Waals surface area contributed by atoms with Crippen molar-refractivity contribution in [1.29, 1.82) is 0 Å². The van der Waals surface area contributed by atoms with E-state index in [0.29, 0.717) is 29.4 Å². The molecule has 0 aliphatic carbocycles. The molecule has 5 nitrogen and oxygen atoms in total. The standard InChI is InChI=1S/C20H21N3O2/c1-9-10(2)19(21-13(9)5)20-17(11(3)14(6)22-20)18-12(4)15(7-24)16(8-25)23-18/h7-8,21H,1-6H3. The van der Waals surface area contributed by atoms with Crippen molar-refractivity contribution < 1.29 is 9.59 Å². The highest BCUT2D eigenvalue weighted by atomic mass is 16.1. The smallest absolute Gasteiger partial charge is 0.169 e. The Hall–Kier alpha value is -2.82. The second-order valence-electron chi connectivity index (χ2n) is 6.54. The van der Waals surface area contributed by atoms with Gasteiger partial charge in [-0.2, -0.15) is 0 Å². The fourth-order valence-corrected chi connectivity index (χ4v) is 3.28. The number of H-pyrrole nitrogens is 1. The summed E-state index contributed by atoms with van der Waals surface area (Å²) < 4.78 is 0. The van der Waals surface area contributed by atoms with Crippen LogP contribution in [-0.2, 0) is 9.59 Å². The van der Waals surface area contributed by atoms with E-state index < -0.39 is 0 Å². The molecule has 0 fully saturated rings. The van der Waals surface area contributed by atoms with E-state index in [4.69, 9.17) is 4.99 Å². The van der Waals surface area contributed by atoms with E-state index in [0.717, 1.165) is 39.5 Å². The van der Waals surface area contributed by atoms with Crippen LogP contribution >= 0.6 is 0 Å². The molecule has 0 spiro atoms. The number of allylic oxidation sites excluding steroid dienone is 5. The quantitative estimate of drug-likeness (QED) is 0.859. The van der Waals surface area contributed by atoms with Gasteiger partial charge in [-0.25, -0.2) is 4.99 Å². The van der Waals surface area contributed by atoms with Crippen LogP contribution in [0.3, 0.4) is 0 Å². The lowest BCUT2D eigenvalue weighted by atomic mass is 9.94. The number of aromatic nitrogens is 1. The number of aromatic amines is 1. The Morgan fingerprint density at radius 2 is 1.52 bits per heavy atom. The zero-order valence-corrected chi connectivity index (χ0v) is 15.4. The molecule has 0 amide bonds. The van der Waals surface area contributed by atoms with Crippen LogP contribution in [0.1, 0.15) is 43.3 Å². The number of carbonyl (C=O) groups is 2. The van der Waals surface area contributed by atoms with Gasteiger partial charge in [-0.3, -0.25) is 14.6 Å². The SMILES string of the molecule is CC1=C(C)C(=C2N=C(C=O)C(C=O)=C2C)C(c2[nH]c(C)c(C)c2C)=N1. The molecular weight excluding hydrogens is 314 g/mol. The molecule has 0 radical (unpaired) electrons. The molecule has 3 rings (SSSR count). The molecule has 1 aromatic heterocycles. The highest BCUT2D eigenvalue weighted by Gasteiger charge is 2.31. The molecule has 0 aromatic carbocycles. The molecule has 0 saturated heterocycles. The Kier molecular flexibility index (Phi) is 4.03. The molecule has 1 aromatic rings. The van der Waals surface area contributed by atoms with E-state index in [2.05, 4.69) is 23.8 Å². The Labute approximate surface area is 147 Å². The van der Waals surface area contributed by atoms with E-state index >= 15 is 0 Å². The van der Waals surface area contributed by atoms with Crippen LogP contribution in [0.5, 0.6) is 0 Å². The topological polar surface area (TPSA) is 74.7 Å². The Bertz CT molecular complexity index is 979. The molecular formula is C20H21N3O2. The van der Waals surface area contributed by atoms with E-state index in [1.54, 1.807) is 0 Å². The van der Waals surface area contributed by atoms with Crippen LogP contribution in [0.25, 0.3) is 0 Å². The summed E-state index contributed by atoms with van der Waals surface area (Å²) in [5, 5.41) is 0. The first-order valence-corrected chi connectivity index (χ1v) is 8.19. The van der Waals surface area contributed by atoms with Gasteiger partial charge in [0.25, 0.3) is 0 Å². The summed E-state index contributed by atoms with van der Waals surface area (Å²) in [4.78, 5) is 35.3. The number of aryl methyl sites for hydroxylation is 1. The molecule has 3 heterocycles. The largest absolute Gasteiger partial charge is 0.357 e. The van der Waals surface area contributed by atoms with Gasteiger partial charge in [0, 0.05) is 22.5 Å². The third-order valence-electron chi connectivity index (χ3n) is 5.22. The highest BCUT2D eigenvalue weighted by Crippen LogP contribution is 2.37. The first-order chi connectivity index (χ1) is 11.8. The van der Waals surface area contributed by atoms with Gasteiger partial charge in [0.15, 0.2) is 12.6 Å². The predicted molar refractivity (Wildman–Crippen MR) is 99.2 cm³/mol. The van der Waals surface area contributed by atoms with Gasteiger partial charge in [-0.1, -0.05) is 0 Å². The van der Waals surface area contributed by atoms with Gasteiger partial charge >= 0.3 is 0 Å². The fraction of sp³-hybridized carbons (Fsp3) is 0.300. The van der Waals surface area contributed by atoms with Crippen molar-refractivity contribution in [3.8, 4) is 0 Å². The third kappa shape index (κ3) is 2.38. The van der Waals surface area contributed by atoms with Crippen molar-refractivity contribution in [2.24, 2.45) is 9.98 Å². The number of aliphatic imine (C=N–C) groups is 2. The molecule has 2 aliphatic heterocycles. The lowest BCUT2D eigenvalue weighted by molar-refractivity contribution is -0.105. The van der Waals surface area contributed by atoms with Gasteiger partial charge in [0.1, 0.15) is 5.71 Å². The zero-order valence-electron chi connectivity index (χ0n) is 15.4. The average molecular weight is 335 g/mol. The summed E-state index contributed by atoms with van der Waals surface area (Å²) in [6.07, 6.45) is 1.33. The van der Waals surface area contributed by atoms with Gasteiger partial charge < -0.3 is 4.98 Å². The van der Waals surface area contributed by atoms with Crippen molar-refractivity contribution in [3.05, 3.63) is 56.2 Å². The van der Waals surface area contributed by atoms with Gasteiger partial charge in [0.05, 0.1) is 17.1 Å². The molecule has 2 aliphatic rings. The second-order valence-corrected chi connectivity index (χ2v) is 6.54. The van der Waals surface area contributed by atoms with E-state index in [1.807, 2.05) is 27.7 Å². The number of rotatable bonds is 3. The zero-order chi connectivity index (χ0) is 18.5. The van der Waals surface area contributed by atoms with Crippen LogP contribution in [-0.4, -0.2) is 29.0 Å². The highest BCUT2D eigenvalue weighted by molar-refractivity contribution is 6.43. The monoisotopic (exact) mass is 335 g/mol. The van der Waals surface area contributed by atoms with E-state index in [9.17, 15) is 9.59 Å². The van der Waals surface area contributed by atoms with Crippen molar-refractivity contribution >= 4 is 24.0 Å². The summed E-state index contributed by atoms with van der Waals surface area (Å²) in [6, 6.07) is 0. The maximum Gasteiger partial charge on any atom is 0.169 e. The third-order valence-corrected chi connectivity index (χ3v) is 5.22. The average Bonchev–Trinajstić information content (AvgIpc) is 3.15. The summed E-state index contributed by atoms with van der Waals surface area (Å²) in [5.74, 6) is 0. The first-order valence-electron chi connectivity index (χ1n) is 8.19. The number of aldehydes is 2. The fourth-order valence-electron chi connectivity index (χ4n) is 3.28. The molecule has 1 N–H and O–H groups in total. The number of nitrogens with zero attached hydrogens (tertiary/aromatic N) is 2. The first kappa shape index (κ1) is 17.0. The Balaban J connectivity index is 2.30. The number of nitrogens with one attached hydrogen (secondary N) is 1. The summed E-state index contributed by atoms with van der Waals surface area (Å²) >= 11 is 0. The number of hydrogen-bond acceptors (Lipinski definition) is 4. The maximum absolute atomic E-state index is 11.4. The lowest BCUT2D eigenvalue weighted by Crippen LogP contribution is -2.08. The van der Waals surface area contributed by atoms with Crippen molar-refractivity contribution in [3.63, 3.8) is 0 Å². The molecule has 0 saturated carbocycles. The number of carbonyl (C=O) groups excluding carboxylic acids is 2. The van der Waals surface area contributed by atoms with E-state index in [-0.39, 0.29) is 5.71 Å². The van der Waals surface area contributed by atoms with Crippen LogP contribution in [0, 0.1) is 20.8 Å². The molecule has 25 heavy (non-hydrogen) atoms. The van der Waals surface area contributed by atoms with Crippen LogP contribution in [0.4, 0.5) is 0 Å². The van der Waals surface area contributed by atoms with Crippen molar-refractivity contribution in [2.75, 3.05) is 0 Å². The molecule has 5 heteroatoms. The minimum Gasteiger partial charge on any atom is -0.357 e. The van der Waals surface area contributed by atoms with Gasteiger partial charge in [-0.05, 0) is 63.8 Å². The number of hydrogen-bond donors (Lipinski definition) is 1. The Morgan fingerprint density at radius 3 is 2.00 bits per heavy atom.